The van der Waals surface area contributed by atoms with Crippen LogP contribution in [0.25, 0.3) is 0 Å². The molecule has 0 saturated carbocycles. The lowest BCUT2D eigenvalue weighted by Crippen LogP contribution is -2.14. The van der Waals surface area contributed by atoms with Gasteiger partial charge in [0.05, 0.1) is 12.2 Å². The van der Waals surface area contributed by atoms with Crippen molar-refractivity contribution in [2.45, 2.75) is 58.3 Å². The van der Waals surface area contributed by atoms with Gasteiger partial charge in [-0.25, -0.2) is 0 Å². The van der Waals surface area contributed by atoms with Crippen molar-refractivity contribution in [3.63, 3.8) is 0 Å². The van der Waals surface area contributed by atoms with Crippen LogP contribution in [0.4, 0.5) is 0 Å². The highest BCUT2D eigenvalue weighted by Gasteiger charge is 2.04. The summed E-state index contributed by atoms with van der Waals surface area (Å²) < 4.78 is 5.78. The molecule has 0 aromatic heterocycles. The van der Waals surface area contributed by atoms with Crippen LogP contribution in [0.3, 0.4) is 0 Å². The topological polar surface area (TPSA) is 86.1 Å². The average molecular weight is 354 g/mol. The molecule has 0 aromatic carbocycles. The number of rotatable bonds is 12. The number of hydrogen-bond acceptors (Lipinski definition) is 5. The number of hydrogen-bond donors (Lipinski definition) is 1. The summed E-state index contributed by atoms with van der Waals surface area (Å²) in [5, 5.41) is 17.7. The Balaban J connectivity index is 2.19. The van der Waals surface area contributed by atoms with Crippen molar-refractivity contribution >= 4 is 0 Å². The Morgan fingerprint density at radius 2 is 1.85 bits per heavy atom. The van der Waals surface area contributed by atoms with Crippen LogP contribution in [-0.2, 0) is 4.74 Å². The summed E-state index contributed by atoms with van der Waals surface area (Å²) in [7, 11) is 0. The van der Waals surface area contributed by atoms with Gasteiger partial charge < -0.3 is 15.4 Å². The molecule has 0 fully saturated rings. The van der Waals surface area contributed by atoms with Crippen molar-refractivity contribution in [1.82, 2.24) is 4.90 Å². The number of nitriles is 2. The molecule has 140 valence electrons. The molecule has 26 heavy (non-hydrogen) atoms. The highest BCUT2D eigenvalue weighted by molar-refractivity contribution is 5.42. The number of nitrogens with two attached hydrogens (primary N) is 1. The average Bonchev–Trinajstić information content (AvgIpc) is 2.68. The molecular weight excluding hydrogens is 324 g/mol. The number of ether oxygens (including phenoxy) is 1. The fraction of sp³-hybridized carbons (Fsp3) is 0.524. The summed E-state index contributed by atoms with van der Waals surface area (Å²) in [4.78, 5) is 1.89. The molecule has 1 aliphatic heterocycles. The van der Waals surface area contributed by atoms with E-state index < -0.39 is 0 Å². The Kier molecular flexibility index (Phi) is 11.2. The second-order valence-corrected chi connectivity index (χ2v) is 6.31. The van der Waals surface area contributed by atoms with Gasteiger partial charge in [0.1, 0.15) is 23.6 Å². The van der Waals surface area contributed by atoms with E-state index in [1.165, 1.54) is 44.9 Å². The molecule has 1 rings (SSSR count). The molecule has 0 unspecified atom stereocenters. The minimum atomic E-state index is -0.0744. The minimum absolute atomic E-state index is 0.0744. The fourth-order valence-electron chi connectivity index (χ4n) is 2.55. The van der Waals surface area contributed by atoms with Crippen molar-refractivity contribution in [3.8, 4) is 12.1 Å². The van der Waals surface area contributed by atoms with Crippen LogP contribution in [-0.4, -0.2) is 18.1 Å². The second-order valence-electron chi connectivity index (χ2n) is 6.31. The molecule has 5 heteroatoms. The van der Waals surface area contributed by atoms with Gasteiger partial charge in [-0.1, -0.05) is 51.9 Å². The lowest BCUT2D eigenvalue weighted by Gasteiger charge is -2.18. The molecule has 0 radical (unpaired) electrons. The Bertz CT molecular complexity index is 617. The molecule has 5 nitrogen and oxygen atoms in total. The Morgan fingerprint density at radius 3 is 2.42 bits per heavy atom. The van der Waals surface area contributed by atoms with Gasteiger partial charge in [-0.2, -0.15) is 10.5 Å². The van der Waals surface area contributed by atoms with Crippen molar-refractivity contribution in [2.75, 3.05) is 13.2 Å². The lowest BCUT2D eigenvalue weighted by molar-refractivity contribution is 0.212. The molecule has 0 bridgehead atoms. The van der Waals surface area contributed by atoms with Crippen LogP contribution >= 0.6 is 0 Å². The first-order chi connectivity index (χ1) is 12.7. The van der Waals surface area contributed by atoms with E-state index in [0.29, 0.717) is 6.54 Å². The van der Waals surface area contributed by atoms with Crippen molar-refractivity contribution in [1.29, 1.82) is 10.5 Å². The van der Waals surface area contributed by atoms with Crippen LogP contribution in [0.5, 0.6) is 0 Å². The summed E-state index contributed by atoms with van der Waals surface area (Å²) in [6, 6.07) is 3.69. The normalized spacial score (nSPS) is 14.6. The van der Waals surface area contributed by atoms with Gasteiger partial charge in [-0.05, 0) is 24.6 Å². The highest BCUT2D eigenvalue weighted by Crippen LogP contribution is 2.12. The van der Waals surface area contributed by atoms with E-state index in [1.807, 2.05) is 29.3 Å². The first-order valence-electron chi connectivity index (χ1n) is 9.46. The molecule has 0 saturated heterocycles. The third-order valence-electron chi connectivity index (χ3n) is 4.16. The molecular formula is C21H30N4O. The standard InChI is InChI=1S/C21H30N4O/c1-2-3-4-5-6-7-8-9-16-26-20-11-14-25(15-12-20)13-10-19(17-22)21(24)18-23/h10-14H,2-9,15-16,24H2,1H3/b13-10+,21-19-. The maximum Gasteiger partial charge on any atom is 0.129 e. The van der Waals surface area contributed by atoms with E-state index in [4.69, 9.17) is 21.0 Å². The minimum Gasteiger partial charge on any atom is -0.494 e. The van der Waals surface area contributed by atoms with Gasteiger partial charge >= 0.3 is 0 Å². The van der Waals surface area contributed by atoms with Gasteiger partial charge in [0.15, 0.2) is 0 Å². The highest BCUT2D eigenvalue weighted by atomic mass is 16.5. The van der Waals surface area contributed by atoms with E-state index >= 15 is 0 Å². The van der Waals surface area contributed by atoms with Crippen LogP contribution in [0.15, 0.2) is 47.7 Å². The smallest absolute Gasteiger partial charge is 0.129 e. The molecule has 0 aliphatic carbocycles. The van der Waals surface area contributed by atoms with E-state index in [2.05, 4.69) is 6.92 Å². The summed E-state index contributed by atoms with van der Waals surface area (Å²) in [6.45, 7) is 3.65. The predicted molar refractivity (Wildman–Crippen MR) is 104 cm³/mol. The largest absolute Gasteiger partial charge is 0.494 e. The van der Waals surface area contributed by atoms with Gasteiger partial charge in [-0.3, -0.25) is 0 Å². The second kappa shape index (κ2) is 13.6. The monoisotopic (exact) mass is 354 g/mol. The molecule has 2 N–H and O–H groups in total. The SMILES string of the molecule is CCCCCCCCCCOC1=CCN(/C=C/C(C#N)=C(/N)C#N)C=C1. The van der Waals surface area contributed by atoms with Gasteiger partial charge in [0, 0.05) is 18.9 Å². The maximum atomic E-state index is 8.95. The van der Waals surface area contributed by atoms with Gasteiger partial charge in [-0.15, -0.1) is 0 Å². The molecule has 0 atom stereocenters. The maximum absolute atomic E-state index is 8.95. The molecule has 0 amide bonds. The Hall–Kier alpha value is -2.66. The number of nitrogens with zero attached hydrogens (tertiary/aromatic N) is 3. The van der Waals surface area contributed by atoms with Crippen LogP contribution in [0.2, 0.25) is 0 Å². The van der Waals surface area contributed by atoms with Crippen molar-refractivity contribution in [3.05, 3.63) is 47.7 Å². The summed E-state index contributed by atoms with van der Waals surface area (Å²) in [6.07, 6.45) is 19.4. The lowest BCUT2D eigenvalue weighted by atomic mass is 10.1. The number of unbranched alkanes of at least 4 members (excludes halogenated alkanes) is 7. The first-order valence-corrected chi connectivity index (χ1v) is 9.46. The predicted octanol–water partition coefficient (Wildman–Crippen LogP) is 4.63. The van der Waals surface area contributed by atoms with Crippen LogP contribution < -0.4 is 5.73 Å². The van der Waals surface area contributed by atoms with Crippen molar-refractivity contribution < 1.29 is 4.74 Å². The fourth-order valence-corrected chi connectivity index (χ4v) is 2.55. The van der Waals surface area contributed by atoms with Crippen LogP contribution in [0.1, 0.15) is 58.3 Å². The molecule has 1 heterocycles. The van der Waals surface area contributed by atoms with E-state index in [0.717, 1.165) is 18.8 Å². The Labute approximate surface area is 157 Å². The van der Waals surface area contributed by atoms with E-state index in [-0.39, 0.29) is 11.3 Å². The quantitative estimate of drug-likeness (QED) is 0.314. The van der Waals surface area contributed by atoms with E-state index in [1.54, 1.807) is 18.3 Å². The third-order valence-corrected chi connectivity index (χ3v) is 4.16. The molecule has 0 spiro atoms. The van der Waals surface area contributed by atoms with Gasteiger partial charge in [0.25, 0.3) is 0 Å². The summed E-state index contributed by atoms with van der Waals surface area (Å²) in [5.74, 6) is 0.880. The third kappa shape index (κ3) is 8.99. The van der Waals surface area contributed by atoms with Gasteiger partial charge in [0.2, 0.25) is 0 Å². The zero-order valence-electron chi connectivity index (χ0n) is 15.8. The molecule has 1 aliphatic rings. The first kappa shape index (κ1) is 21.4. The summed E-state index contributed by atoms with van der Waals surface area (Å²) in [5.41, 5.74) is 5.56. The van der Waals surface area contributed by atoms with Crippen LogP contribution in [0, 0.1) is 22.7 Å². The number of allylic oxidation sites excluding steroid dienone is 4. The van der Waals surface area contributed by atoms with E-state index in [9.17, 15) is 0 Å². The van der Waals surface area contributed by atoms with Crippen molar-refractivity contribution in [2.24, 2.45) is 5.73 Å². The zero-order valence-corrected chi connectivity index (χ0v) is 15.8. The summed E-state index contributed by atoms with van der Waals surface area (Å²) >= 11 is 0. The molecule has 0 aromatic rings. The Morgan fingerprint density at radius 1 is 1.15 bits per heavy atom. The zero-order chi connectivity index (χ0) is 19.0.